The maximum absolute atomic E-state index is 11.0. The van der Waals surface area contributed by atoms with E-state index in [1.165, 1.54) is 6.92 Å². The Morgan fingerprint density at radius 1 is 1.50 bits per heavy atom. The van der Waals surface area contributed by atoms with Crippen molar-refractivity contribution in [1.29, 1.82) is 0 Å². The molecule has 1 saturated heterocycles. The minimum absolute atomic E-state index is 0.00130. The van der Waals surface area contributed by atoms with Crippen molar-refractivity contribution in [2.24, 2.45) is 0 Å². The average Bonchev–Trinajstić information content (AvgIpc) is 2.22. The number of hydrogen-bond donors (Lipinski definition) is 2. The van der Waals surface area contributed by atoms with Crippen molar-refractivity contribution in [3.8, 4) is 0 Å². The molecule has 6 nitrogen and oxygen atoms in total. The highest BCUT2D eigenvalue weighted by molar-refractivity contribution is 5.66. The fourth-order valence-corrected chi connectivity index (χ4v) is 1.48. The van der Waals surface area contributed by atoms with E-state index in [9.17, 15) is 15.0 Å². The van der Waals surface area contributed by atoms with Crippen LogP contribution in [0.25, 0.3) is 0 Å². The van der Waals surface area contributed by atoms with E-state index >= 15 is 0 Å². The molecule has 6 heteroatoms. The van der Waals surface area contributed by atoms with E-state index in [4.69, 9.17) is 14.2 Å². The van der Waals surface area contributed by atoms with E-state index in [-0.39, 0.29) is 19.8 Å². The van der Waals surface area contributed by atoms with E-state index in [1.54, 1.807) is 0 Å². The van der Waals surface area contributed by atoms with Crippen molar-refractivity contribution in [3.63, 3.8) is 0 Å². The zero-order chi connectivity index (χ0) is 12.2. The van der Waals surface area contributed by atoms with Crippen LogP contribution in [0, 0.1) is 0 Å². The molecule has 1 heterocycles. The molecule has 0 aliphatic carbocycles. The molecule has 0 radical (unpaired) electrons. The molecule has 0 aromatic heterocycles. The molecule has 3 unspecified atom stereocenters. The highest BCUT2D eigenvalue weighted by Crippen LogP contribution is 2.21. The normalized spacial score (nSPS) is 36.2. The fraction of sp³-hybridized carbons (Fsp3) is 0.900. The molecule has 0 amide bonds. The fourth-order valence-electron chi connectivity index (χ4n) is 1.48. The lowest BCUT2D eigenvalue weighted by atomic mass is 10.0. The summed E-state index contributed by atoms with van der Waals surface area (Å²) in [6.45, 7) is 3.24. The van der Waals surface area contributed by atoms with Crippen molar-refractivity contribution < 1.29 is 29.2 Å². The molecular formula is C10H18O6. The largest absolute Gasteiger partial charge is 0.454 e. The minimum Gasteiger partial charge on any atom is -0.454 e. The predicted octanol–water partition coefficient (Wildman–Crippen LogP) is -0.576. The number of ether oxygens (including phenoxy) is 3. The first kappa shape index (κ1) is 13.4. The van der Waals surface area contributed by atoms with Gasteiger partial charge in [-0.25, -0.2) is 0 Å². The van der Waals surface area contributed by atoms with Crippen LogP contribution < -0.4 is 0 Å². The Hall–Kier alpha value is -0.690. The minimum atomic E-state index is -1.32. The maximum atomic E-state index is 11.0. The highest BCUT2D eigenvalue weighted by Gasteiger charge is 2.36. The van der Waals surface area contributed by atoms with Crippen LogP contribution in [0.15, 0.2) is 0 Å². The van der Waals surface area contributed by atoms with Gasteiger partial charge in [-0.2, -0.15) is 0 Å². The summed E-state index contributed by atoms with van der Waals surface area (Å²) < 4.78 is 15.4. The Kier molecular flexibility index (Phi) is 4.67. The predicted molar refractivity (Wildman–Crippen MR) is 53.6 cm³/mol. The number of aliphatic hydroxyl groups excluding tert-OH is 2. The molecule has 0 saturated carbocycles. The van der Waals surface area contributed by atoms with Crippen molar-refractivity contribution in [2.75, 3.05) is 19.8 Å². The van der Waals surface area contributed by atoms with Gasteiger partial charge in [0.05, 0.1) is 19.8 Å². The van der Waals surface area contributed by atoms with Gasteiger partial charge in [-0.15, -0.1) is 0 Å². The summed E-state index contributed by atoms with van der Waals surface area (Å²) >= 11 is 0. The molecule has 16 heavy (non-hydrogen) atoms. The first-order valence-electron chi connectivity index (χ1n) is 5.24. The summed E-state index contributed by atoms with van der Waals surface area (Å²) in [6.07, 6.45) is -1.89. The van der Waals surface area contributed by atoms with Crippen molar-refractivity contribution in [1.82, 2.24) is 0 Å². The lowest BCUT2D eigenvalue weighted by molar-refractivity contribution is -0.239. The molecule has 1 aliphatic rings. The van der Waals surface area contributed by atoms with Crippen LogP contribution in [-0.4, -0.2) is 54.0 Å². The van der Waals surface area contributed by atoms with Crippen LogP contribution in [0.3, 0.4) is 0 Å². The molecule has 94 valence electrons. The summed E-state index contributed by atoms with van der Waals surface area (Å²) in [5.74, 6) is -0.426. The lowest BCUT2D eigenvalue weighted by Crippen LogP contribution is -2.49. The molecule has 1 fully saturated rings. The van der Waals surface area contributed by atoms with E-state index < -0.39 is 24.0 Å². The molecule has 0 aromatic carbocycles. The SMILES string of the molecule is CCC1(OC(C)=O)COCC(O)C(O)OC1. The van der Waals surface area contributed by atoms with Crippen molar-refractivity contribution >= 4 is 5.97 Å². The second-order valence-electron chi connectivity index (χ2n) is 3.91. The molecular weight excluding hydrogens is 216 g/mol. The second kappa shape index (κ2) is 5.58. The van der Waals surface area contributed by atoms with E-state index in [0.717, 1.165) is 0 Å². The Labute approximate surface area is 94.1 Å². The van der Waals surface area contributed by atoms with Gasteiger partial charge >= 0.3 is 5.97 Å². The zero-order valence-corrected chi connectivity index (χ0v) is 9.51. The third-order valence-corrected chi connectivity index (χ3v) is 2.50. The smallest absolute Gasteiger partial charge is 0.303 e. The molecule has 2 N–H and O–H groups in total. The van der Waals surface area contributed by atoms with E-state index in [2.05, 4.69) is 0 Å². The molecule has 0 bridgehead atoms. The lowest BCUT2D eigenvalue weighted by Gasteiger charge is -2.35. The number of aliphatic hydroxyl groups is 2. The van der Waals surface area contributed by atoms with Crippen LogP contribution >= 0.6 is 0 Å². The summed E-state index contributed by atoms with van der Waals surface area (Å²) in [5, 5.41) is 18.7. The summed E-state index contributed by atoms with van der Waals surface area (Å²) in [5.41, 5.74) is -0.882. The molecule has 3 atom stereocenters. The van der Waals surface area contributed by atoms with E-state index in [1.807, 2.05) is 6.92 Å². The van der Waals surface area contributed by atoms with Crippen LogP contribution in [0.5, 0.6) is 0 Å². The van der Waals surface area contributed by atoms with Gasteiger partial charge < -0.3 is 24.4 Å². The number of carbonyl (C=O) groups excluding carboxylic acids is 1. The summed E-state index contributed by atoms with van der Waals surface area (Å²) in [4.78, 5) is 11.0. The number of carbonyl (C=O) groups is 1. The summed E-state index contributed by atoms with van der Waals surface area (Å²) in [6, 6.07) is 0. The van der Waals surface area contributed by atoms with Crippen LogP contribution in [-0.2, 0) is 19.0 Å². The van der Waals surface area contributed by atoms with Gasteiger partial charge in [0.25, 0.3) is 0 Å². The molecule has 0 aromatic rings. The van der Waals surface area contributed by atoms with Gasteiger partial charge in [0.15, 0.2) is 11.9 Å². The first-order chi connectivity index (χ1) is 7.49. The van der Waals surface area contributed by atoms with Gasteiger partial charge in [0, 0.05) is 6.92 Å². The quantitative estimate of drug-likeness (QED) is 0.622. The second-order valence-corrected chi connectivity index (χ2v) is 3.91. The molecule has 1 aliphatic heterocycles. The number of hydrogen-bond acceptors (Lipinski definition) is 6. The van der Waals surface area contributed by atoms with E-state index in [0.29, 0.717) is 6.42 Å². The molecule has 1 rings (SSSR count). The first-order valence-corrected chi connectivity index (χ1v) is 5.24. The van der Waals surface area contributed by atoms with Gasteiger partial charge in [-0.3, -0.25) is 4.79 Å². The highest BCUT2D eigenvalue weighted by atomic mass is 16.7. The van der Waals surface area contributed by atoms with Crippen molar-refractivity contribution in [3.05, 3.63) is 0 Å². The van der Waals surface area contributed by atoms with Gasteiger partial charge in [-0.05, 0) is 6.42 Å². The van der Waals surface area contributed by atoms with Crippen LogP contribution in [0.4, 0.5) is 0 Å². The topological polar surface area (TPSA) is 85.2 Å². The number of rotatable bonds is 2. The molecule has 0 spiro atoms. The third kappa shape index (κ3) is 3.41. The third-order valence-electron chi connectivity index (χ3n) is 2.50. The Morgan fingerprint density at radius 3 is 2.75 bits per heavy atom. The number of esters is 1. The average molecular weight is 234 g/mol. The van der Waals surface area contributed by atoms with Gasteiger partial charge in [0.2, 0.25) is 0 Å². The zero-order valence-electron chi connectivity index (χ0n) is 9.51. The van der Waals surface area contributed by atoms with Crippen LogP contribution in [0.2, 0.25) is 0 Å². The maximum Gasteiger partial charge on any atom is 0.303 e. The standard InChI is InChI=1S/C10H18O6/c1-3-10(16-7(2)11)5-14-4-8(12)9(13)15-6-10/h8-9,12-13H,3-6H2,1-2H3. The monoisotopic (exact) mass is 234 g/mol. The Morgan fingerprint density at radius 2 is 2.19 bits per heavy atom. The van der Waals surface area contributed by atoms with Gasteiger partial charge in [0.1, 0.15) is 6.10 Å². The summed E-state index contributed by atoms with van der Waals surface area (Å²) in [7, 11) is 0. The Bertz CT molecular complexity index is 243. The van der Waals surface area contributed by atoms with Gasteiger partial charge in [-0.1, -0.05) is 6.92 Å². The Balaban J connectivity index is 2.67. The van der Waals surface area contributed by atoms with Crippen molar-refractivity contribution in [2.45, 2.75) is 38.3 Å². The van der Waals surface area contributed by atoms with Crippen LogP contribution in [0.1, 0.15) is 20.3 Å².